The van der Waals surface area contributed by atoms with E-state index in [4.69, 9.17) is 14.2 Å². The van der Waals surface area contributed by atoms with E-state index >= 15 is 0 Å². The highest BCUT2D eigenvalue weighted by atomic mass is 16.7. The number of hydrogen-bond donors (Lipinski definition) is 0. The number of benzene rings is 2. The van der Waals surface area contributed by atoms with Crippen LogP contribution in [0.5, 0.6) is 5.75 Å². The number of methoxy groups -OCH3 is 1. The number of ether oxygens (including phenoxy) is 3. The lowest BCUT2D eigenvalue weighted by Crippen LogP contribution is -2.47. The number of nitrogens with zero attached hydrogens (tertiary/aromatic N) is 2. The Bertz CT molecular complexity index is 1110. The first-order valence-corrected chi connectivity index (χ1v) is 11.3. The van der Waals surface area contributed by atoms with Gasteiger partial charge in [-0.2, -0.15) is 0 Å². The first-order chi connectivity index (χ1) is 15.6. The third-order valence-electron chi connectivity index (χ3n) is 6.89. The molecule has 1 unspecified atom stereocenters. The quantitative estimate of drug-likeness (QED) is 0.607. The van der Waals surface area contributed by atoms with Gasteiger partial charge in [0.05, 0.1) is 20.3 Å². The Morgan fingerprint density at radius 1 is 1.03 bits per heavy atom. The lowest BCUT2D eigenvalue weighted by molar-refractivity contribution is -0.187. The minimum absolute atomic E-state index is 0.0976. The molecule has 0 N–H and O–H groups in total. The van der Waals surface area contributed by atoms with Crippen LogP contribution in [-0.2, 0) is 21.3 Å². The molecule has 1 spiro atoms. The molecule has 0 saturated carbocycles. The normalized spacial score (nSPS) is 18.9. The molecule has 1 amide bonds. The van der Waals surface area contributed by atoms with Crippen molar-refractivity contribution in [3.05, 3.63) is 65.9 Å². The van der Waals surface area contributed by atoms with Gasteiger partial charge in [-0.25, -0.2) is 0 Å². The van der Waals surface area contributed by atoms with Crippen molar-refractivity contribution in [3.63, 3.8) is 0 Å². The molecule has 2 aromatic carbocycles. The fourth-order valence-corrected chi connectivity index (χ4v) is 5.18. The SMILES string of the molecule is COc1ccccc1C(CC(=O)N1CCC2(CC1)OCCO2)c1cn(C)c2ccccc12. The number of para-hydroxylation sites is 2. The number of fused-ring (bicyclic) bond motifs is 1. The lowest BCUT2D eigenvalue weighted by atomic mass is 9.87. The fourth-order valence-electron chi connectivity index (χ4n) is 5.18. The topological polar surface area (TPSA) is 52.9 Å². The predicted molar refractivity (Wildman–Crippen MR) is 123 cm³/mol. The van der Waals surface area contributed by atoms with Gasteiger partial charge in [-0.05, 0) is 17.7 Å². The van der Waals surface area contributed by atoms with Crippen LogP contribution < -0.4 is 4.74 Å². The summed E-state index contributed by atoms with van der Waals surface area (Å²) in [5.41, 5.74) is 3.35. The Labute approximate surface area is 188 Å². The Kier molecular flexibility index (Phi) is 5.66. The van der Waals surface area contributed by atoms with Gasteiger partial charge in [0.15, 0.2) is 5.79 Å². The molecule has 2 saturated heterocycles. The van der Waals surface area contributed by atoms with E-state index in [1.807, 2.05) is 29.2 Å². The molecular formula is C26H30N2O4. The molecule has 1 aromatic heterocycles. The van der Waals surface area contributed by atoms with E-state index in [2.05, 4.69) is 42.1 Å². The summed E-state index contributed by atoms with van der Waals surface area (Å²) in [4.78, 5) is 15.5. The van der Waals surface area contributed by atoms with Gasteiger partial charge in [-0.15, -0.1) is 0 Å². The van der Waals surface area contributed by atoms with Crippen molar-refractivity contribution in [1.29, 1.82) is 0 Å². The number of hydrogen-bond acceptors (Lipinski definition) is 4. The van der Waals surface area contributed by atoms with Crippen LogP contribution in [0.25, 0.3) is 10.9 Å². The zero-order chi connectivity index (χ0) is 22.1. The van der Waals surface area contributed by atoms with Crippen molar-refractivity contribution in [3.8, 4) is 5.75 Å². The molecule has 5 rings (SSSR count). The van der Waals surface area contributed by atoms with Crippen molar-refractivity contribution in [2.24, 2.45) is 7.05 Å². The first-order valence-electron chi connectivity index (χ1n) is 11.3. The van der Waals surface area contributed by atoms with Gasteiger partial charge in [0, 0.05) is 68.0 Å². The van der Waals surface area contributed by atoms with E-state index in [0.29, 0.717) is 32.7 Å². The van der Waals surface area contributed by atoms with E-state index in [1.165, 1.54) is 5.39 Å². The second kappa shape index (κ2) is 8.60. The minimum atomic E-state index is -0.478. The molecule has 2 aliphatic heterocycles. The van der Waals surface area contributed by atoms with Gasteiger partial charge in [0.1, 0.15) is 5.75 Å². The smallest absolute Gasteiger partial charge is 0.223 e. The summed E-state index contributed by atoms with van der Waals surface area (Å²) in [6.07, 6.45) is 4.00. The average Bonchev–Trinajstić information content (AvgIpc) is 3.42. The number of carbonyl (C=O) groups is 1. The number of carbonyl (C=O) groups excluding carboxylic acids is 1. The van der Waals surface area contributed by atoms with Crippen molar-refractivity contribution in [2.75, 3.05) is 33.4 Å². The van der Waals surface area contributed by atoms with Crippen LogP contribution in [0.1, 0.15) is 36.3 Å². The van der Waals surface area contributed by atoms with E-state index in [0.717, 1.165) is 35.2 Å². The molecule has 2 fully saturated rings. The van der Waals surface area contributed by atoms with Gasteiger partial charge in [-0.1, -0.05) is 36.4 Å². The second-order valence-corrected chi connectivity index (χ2v) is 8.70. The predicted octanol–water partition coefficient (Wildman–Crippen LogP) is 4.07. The molecule has 0 radical (unpaired) electrons. The van der Waals surface area contributed by atoms with Crippen molar-refractivity contribution >= 4 is 16.8 Å². The van der Waals surface area contributed by atoms with Crippen LogP contribution in [0.3, 0.4) is 0 Å². The lowest BCUT2D eigenvalue weighted by Gasteiger charge is -2.38. The van der Waals surface area contributed by atoms with E-state index in [1.54, 1.807) is 7.11 Å². The zero-order valence-electron chi connectivity index (χ0n) is 18.8. The summed E-state index contributed by atoms with van der Waals surface area (Å²) in [5, 5.41) is 1.17. The largest absolute Gasteiger partial charge is 0.496 e. The minimum Gasteiger partial charge on any atom is -0.496 e. The molecule has 168 valence electrons. The van der Waals surface area contributed by atoms with Crippen LogP contribution in [0, 0.1) is 0 Å². The third kappa shape index (κ3) is 3.78. The van der Waals surface area contributed by atoms with Gasteiger partial charge < -0.3 is 23.7 Å². The summed E-state index contributed by atoms with van der Waals surface area (Å²) in [5.74, 6) is 0.388. The number of likely N-dealkylation sites (tertiary alicyclic amines) is 1. The maximum Gasteiger partial charge on any atom is 0.223 e. The van der Waals surface area contributed by atoms with Gasteiger partial charge in [-0.3, -0.25) is 4.79 Å². The summed E-state index contributed by atoms with van der Waals surface area (Å²) < 4.78 is 19.5. The molecule has 0 aliphatic carbocycles. The van der Waals surface area contributed by atoms with Crippen LogP contribution in [0.2, 0.25) is 0 Å². The second-order valence-electron chi connectivity index (χ2n) is 8.70. The Morgan fingerprint density at radius 3 is 2.47 bits per heavy atom. The van der Waals surface area contributed by atoms with Gasteiger partial charge >= 0.3 is 0 Å². The van der Waals surface area contributed by atoms with Crippen LogP contribution in [0.15, 0.2) is 54.7 Å². The van der Waals surface area contributed by atoms with Crippen molar-refractivity contribution < 1.29 is 19.0 Å². The Balaban J connectivity index is 1.46. The molecule has 0 bridgehead atoms. The zero-order valence-corrected chi connectivity index (χ0v) is 18.8. The van der Waals surface area contributed by atoms with Gasteiger partial charge in [0.25, 0.3) is 0 Å². The average molecular weight is 435 g/mol. The van der Waals surface area contributed by atoms with Gasteiger partial charge in [0.2, 0.25) is 5.91 Å². The number of amides is 1. The Hall–Kier alpha value is -2.83. The molecule has 1 atom stereocenters. The van der Waals surface area contributed by atoms with Crippen LogP contribution in [0.4, 0.5) is 0 Å². The summed E-state index contributed by atoms with van der Waals surface area (Å²) in [7, 11) is 3.74. The summed E-state index contributed by atoms with van der Waals surface area (Å²) in [6, 6.07) is 16.4. The highest BCUT2D eigenvalue weighted by Crippen LogP contribution is 2.39. The monoisotopic (exact) mass is 434 g/mol. The number of aryl methyl sites for hydroxylation is 1. The van der Waals surface area contributed by atoms with E-state index in [-0.39, 0.29) is 11.8 Å². The maximum absolute atomic E-state index is 13.5. The summed E-state index contributed by atoms with van der Waals surface area (Å²) >= 11 is 0. The third-order valence-corrected chi connectivity index (χ3v) is 6.89. The number of piperidine rings is 1. The number of rotatable bonds is 5. The standard InChI is InChI=1S/C26H30N2O4/c1-27-18-22(19-7-3-5-9-23(19)27)21(20-8-4-6-10-24(20)30-2)17-25(29)28-13-11-26(12-14-28)31-15-16-32-26/h3-10,18,21H,11-17H2,1-2H3. The van der Waals surface area contributed by atoms with E-state index in [9.17, 15) is 4.79 Å². The highest BCUT2D eigenvalue weighted by molar-refractivity contribution is 5.87. The molecule has 3 aromatic rings. The van der Waals surface area contributed by atoms with Crippen LogP contribution in [-0.4, -0.2) is 54.6 Å². The number of aromatic nitrogens is 1. The first kappa shape index (κ1) is 21.0. The summed E-state index contributed by atoms with van der Waals surface area (Å²) in [6.45, 7) is 2.61. The molecular weight excluding hydrogens is 404 g/mol. The highest BCUT2D eigenvalue weighted by Gasteiger charge is 2.41. The van der Waals surface area contributed by atoms with Crippen LogP contribution >= 0.6 is 0 Å². The van der Waals surface area contributed by atoms with E-state index < -0.39 is 5.79 Å². The molecule has 2 aliphatic rings. The molecule has 32 heavy (non-hydrogen) atoms. The molecule has 3 heterocycles. The van der Waals surface area contributed by atoms with Crippen molar-refractivity contribution in [1.82, 2.24) is 9.47 Å². The Morgan fingerprint density at radius 2 is 1.72 bits per heavy atom. The molecule has 6 heteroatoms. The maximum atomic E-state index is 13.5. The molecule has 6 nitrogen and oxygen atoms in total. The van der Waals surface area contributed by atoms with Crippen molar-refractivity contribution in [2.45, 2.75) is 31.0 Å². The fraction of sp³-hybridized carbons (Fsp3) is 0.423.